The van der Waals surface area contributed by atoms with Gasteiger partial charge in [0.05, 0.1) is 0 Å². The number of nitrogens with zero attached hydrogens (tertiary/aromatic N) is 2. The lowest BCUT2D eigenvalue weighted by molar-refractivity contribution is 0.639. The largest absolute Gasteiger partial charge is 0.313 e. The van der Waals surface area contributed by atoms with Crippen LogP contribution in [0.2, 0.25) is 0 Å². The summed E-state index contributed by atoms with van der Waals surface area (Å²) in [4.78, 5) is 4.09. The Labute approximate surface area is 101 Å². The molecule has 0 fully saturated rings. The highest BCUT2D eigenvalue weighted by Crippen LogP contribution is 2.03. The first-order valence-corrected chi connectivity index (χ1v) is 5.95. The Balaban J connectivity index is 1.63. The van der Waals surface area contributed by atoms with Crippen molar-refractivity contribution in [2.75, 3.05) is 6.54 Å². The van der Waals surface area contributed by atoms with E-state index in [0.29, 0.717) is 0 Å². The molecule has 1 heterocycles. The van der Waals surface area contributed by atoms with Crippen molar-refractivity contribution in [1.82, 2.24) is 20.5 Å². The van der Waals surface area contributed by atoms with Gasteiger partial charge in [-0.05, 0) is 25.5 Å². The highest BCUT2D eigenvalue weighted by atomic mass is 15.2. The summed E-state index contributed by atoms with van der Waals surface area (Å²) < 4.78 is 0. The van der Waals surface area contributed by atoms with E-state index in [1.807, 2.05) is 0 Å². The van der Waals surface area contributed by atoms with Crippen LogP contribution >= 0.6 is 0 Å². The van der Waals surface area contributed by atoms with Crippen LogP contribution < -0.4 is 5.32 Å². The molecule has 0 radical (unpaired) electrons. The first-order valence-electron chi connectivity index (χ1n) is 5.95. The number of aromatic nitrogens is 3. The van der Waals surface area contributed by atoms with Crippen molar-refractivity contribution >= 4 is 0 Å². The number of hydrogen-bond acceptors (Lipinski definition) is 3. The molecule has 0 aliphatic heterocycles. The molecule has 0 aliphatic rings. The van der Waals surface area contributed by atoms with Crippen molar-refractivity contribution in [2.45, 2.75) is 26.3 Å². The fourth-order valence-electron chi connectivity index (χ4n) is 1.79. The van der Waals surface area contributed by atoms with Crippen LogP contribution in [-0.2, 0) is 13.0 Å². The van der Waals surface area contributed by atoms with E-state index in [9.17, 15) is 0 Å². The average Bonchev–Trinajstić information content (AvgIpc) is 2.82. The molecule has 4 nitrogen and oxygen atoms in total. The molecule has 0 unspecified atom stereocenters. The third-order valence-electron chi connectivity index (χ3n) is 2.64. The lowest BCUT2D eigenvalue weighted by Crippen LogP contribution is -2.15. The van der Waals surface area contributed by atoms with Gasteiger partial charge in [-0.3, -0.25) is 5.10 Å². The quantitative estimate of drug-likeness (QED) is 0.744. The minimum absolute atomic E-state index is 0.929. The van der Waals surface area contributed by atoms with Gasteiger partial charge in [-0.25, -0.2) is 4.98 Å². The first kappa shape index (κ1) is 11.8. The molecule has 0 saturated carbocycles. The van der Waals surface area contributed by atoms with Gasteiger partial charge >= 0.3 is 0 Å². The molecule has 0 aliphatic carbocycles. The Kier molecular flexibility index (Phi) is 4.27. The maximum absolute atomic E-state index is 4.09. The first-order chi connectivity index (χ1) is 8.34. The van der Waals surface area contributed by atoms with Crippen LogP contribution in [0.3, 0.4) is 0 Å². The van der Waals surface area contributed by atoms with E-state index in [2.05, 4.69) is 51.7 Å². The van der Waals surface area contributed by atoms with Gasteiger partial charge in [0.15, 0.2) is 0 Å². The predicted molar refractivity (Wildman–Crippen MR) is 67.6 cm³/mol. The summed E-state index contributed by atoms with van der Waals surface area (Å²) in [6, 6.07) is 8.58. The zero-order chi connectivity index (χ0) is 11.9. The van der Waals surface area contributed by atoms with Crippen molar-refractivity contribution in [1.29, 1.82) is 0 Å². The summed E-state index contributed by atoms with van der Waals surface area (Å²) in [5, 5.41) is 10.1. The minimum Gasteiger partial charge on any atom is -0.313 e. The molecule has 2 N–H and O–H groups in total. The standard InChI is InChI=1S/C13H18N4/c1-11-4-2-5-12(8-11)9-14-7-3-6-13-15-10-16-17-13/h2,4-5,8,10,14H,3,6-7,9H2,1H3,(H,15,16,17). The lowest BCUT2D eigenvalue weighted by atomic mass is 10.1. The number of H-pyrrole nitrogens is 1. The highest BCUT2D eigenvalue weighted by Gasteiger charge is 1.96. The Morgan fingerprint density at radius 2 is 2.29 bits per heavy atom. The SMILES string of the molecule is Cc1cccc(CNCCCc2ncn[nH]2)c1. The molecule has 0 bridgehead atoms. The van der Waals surface area contributed by atoms with Gasteiger partial charge in [-0.1, -0.05) is 29.8 Å². The van der Waals surface area contributed by atoms with Crippen LogP contribution in [0.1, 0.15) is 23.4 Å². The summed E-state index contributed by atoms with van der Waals surface area (Å²) in [5.74, 6) is 0.961. The van der Waals surface area contributed by atoms with E-state index in [-0.39, 0.29) is 0 Å². The monoisotopic (exact) mass is 230 g/mol. The Hall–Kier alpha value is -1.68. The Bertz CT molecular complexity index is 436. The van der Waals surface area contributed by atoms with Crippen LogP contribution in [0.4, 0.5) is 0 Å². The molecule has 2 rings (SSSR count). The van der Waals surface area contributed by atoms with Crippen LogP contribution in [0.5, 0.6) is 0 Å². The van der Waals surface area contributed by atoms with Gasteiger partial charge < -0.3 is 5.32 Å². The maximum atomic E-state index is 4.09. The fraction of sp³-hybridized carbons (Fsp3) is 0.385. The van der Waals surface area contributed by atoms with E-state index >= 15 is 0 Å². The Morgan fingerprint density at radius 3 is 3.06 bits per heavy atom. The molecule has 1 aromatic carbocycles. The summed E-state index contributed by atoms with van der Waals surface area (Å²) in [6.45, 7) is 4.04. The molecule has 0 amide bonds. The van der Waals surface area contributed by atoms with Gasteiger partial charge in [0.2, 0.25) is 0 Å². The van der Waals surface area contributed by atoms with Gasteiger partial charge in [-0.2, -0.15) is 5.10 Å². The summed E-state index contributed by atoms with van der Waals surface area (Å²) in [5.41, 5.74) is 2.65. The van der Waals surface area contributed by atoms with Crippen LogP contribution in [-0.4, -0.2) is 21.7 Å². The van der Waals surface area contributed by atoms with Crippen LogP contribution in [0.15, 0.2) is 30.6 Å². The summed E-state index contributed by atoms with van der Waals surface area (Å²) in [7, 11) is 0. The maximum Gasteiger partial charge on any atom is 0.137 e. The van der Waals surface area contributed by atoms with E-state index in [4.69, 9.17) is 0 Å². The van der Waals surface area contributed by atoms with E-state index < -0.39 is 0 Å². The topological polar surface area (TPSA) is 53.6 Å². The highest BCUT2D eigenvalue weighted by molar-refractivity contribution is 5.21. The zero-order valence-electron chi connectivity index (χ0n) is 10.1. The summed E-state index contributed by atoms with van der Waals surface area (Å²) in [6.07, 6.45) is 3.57. The van der Waals surface area contributed by atoms with Gasteiger partial charge in [-0.15, -0.1) is 0 Å². The van der Waals surface area contributed by atoms with Crippen LogP contribution in [0, 0.1) is 6.92 Å². The molecule has 90 valence electrons. The molecule has 0 spiro atoms. The van der Waals surface area contributed by atoms with Gasteiger partial charge in [0, 0.05) is 13.0 Å². The number of aromatic amines is 1. The number of benzene rings is 1. The fourth-order valence-corrected chi connectivity index (χ4v) is 1.79. The van der Waals surface area contributed by atoms with Crippen molar-refractivity contribution in [3.8, 4) is 0 Å². The lowest BCUT2D eigenvalue weighted by Gasteiger charge is -2.04. The second-order valence-electron chi connectivity index (χ2n) is 4.20. The van der Waals surface area contributed by atoms with Crippen molar-refractivity contribution < 1.29 is 0 Å². The molecular weight excluding hydrogens is 212 g/mol. The molecule has 17 heavy (non-hydrogen) atoms. The average molecular weight is 230 g/mol. The number of rotatable bonds is 6. The van der Waals surface area contributed by atoms with Crippen molar-refractivity contribution in [3.05, 3.63) is 47.5 Å². The normalized spacial score (nSPS) is 10.6. The van der Waals surface area contributed by atoms with Crippen LogP contribution in [0.25, 0.3) is 0 Å². The number of nitrogens with one attached hydrogen (secondary N) is 2. The zero-order valence-corrected chi connectivity index (χ0v) is 10.1. The second-order valence-corrected chi connectivity index (χ2v) is 4.20. The molecule has 2 aromatic rings. The molecular formula is C13H18N4. The van der Waals surface area contributed by atoms with E-state index in [1.165, 1.54) is 11.1 Å². The third kappa shape index (κ3) is 4.00. The van der Waals surface area contributed by atoms with Gasteiger partial charge in [0.1, 0.15) is 12.2 Å². The molecule has 1 aromatic heterocycles. The molecule has 0 saturated heterocycles. The van der Waals surface area contributed by atoms with Crippen molar-refractivity contribution in [2.24, 2.45) is 0 Å². The molecule has 0 atom stereocenters. The van der Waals surface area contributed by atoms with Gasteiger partial charge in [0.25, 0.3) is 0 Å². The van der Waals surface area contributed by atoms with Crippen molar-refractivity contribution in [3.63, 3.8) is 0 Å². The number of aryl methyl sites for hydroxylation is 2. The third-order valence-corrected chi connectivity index (χ3v) is 2.64. The van der Waals surface area contributed by atoms with E-state index in [1.54, 1.807) is 6.33 Å². The van der Waals surface area contributed by atoms with E-state index in [0.717, 1.165) is 31.8 Å². The molecule has 4 heteroatoms. The number of hydrogen-bond donors (Lipinski definition) is 2. The smallest absolute Gasteiger partial charge is 0.137 e. The second kappa shape index (κ2) is 6.15. The minimum atomic E-state index is 0.929. The summed E-state index contributed by atoms with van der Waals surface area (Å²) >= 11 is 0. The Morgan fingerprint density at radius 1 is 1.35 bits per heavy atom. The predicted octanol–water partition coefficient (Wildman–Crippen LogP) is 1.84.